The molecule has 0 aliphatic heterocycles. The number of benzene rings is 2. The summed E-state index contributed by atoms with van der Waals surface area (Å²) in [6.45, 7) is 2.56. The molecule has 8 heteroatoms. The molecule has 0 bridgehead atoms. The Morgan fingerprint density at radius 3 is 2.50 bits per heavy atom. The number of aromatic nitrogens is 2. The van der Waals surface area contributed by atoms with Crippen LogP contribution in [0.15, 0.2) is 53.3 Å². The lowest BCUT2D eigenvalue weighted by Gasteiger charge is -2.14. The standard InChI is InChI=1S/C22H22BrN3O4/c1-4-11-30-20-17(23)12-15(13-18(20)29-3)22(28)25-16-7-5-14(6-8-16)19(27)21-24-9-10-26(21)2/h5-10,12-13H,4,11H2,1-3H3,(H,25,28). The monoisotopic (exact) mass is 471 g/mol. The molecule has 0 saturated carbocycles. The summed E-state index contributed by atoms with van der Waals surface area (Å²) >= 11 is 3.44. The van der Waals surface area contributed by atoms with Gasteiger partial charge in [-0.2, -0.15) is 0 Å². The van der Waals surface area contributed by atoms with Crippen molar-refractivity contribution in [3.05, 3.63) is 70.2 Å². The normalized spacial score (nSPS) is 10.5. The van der Waals surface area contributed by atoms with Crippen molar-refractivity contribution in [2.75, 3.05) is 19.0 Å². The quantitative estimate of drug-likeness (QED) is 0.490. The Bertz CT molecular complexity index is 1060. The lowest BCUT2D eigenvalue weighted by molar-refractivity contribution is 0.101. The van der Waals surface area contributed by atoms with Gasteiger partial charge in [0.05, 0.1) is 18.2 Å². The molecule has 0 spiro atoms. The van der Waals surface area contributed by atoms with Crippen LogP contribution >= 0.6 is 15.9 Å². The van der Waals surface area contributed by atoms with Gasteiger partial charge in [0, 0.05) is 36.3 Å². The van der Waals surface area contributed by atoms with E-state index in [1.807, 2.05) is 6.92 Å². The van der Waals surface area contributed by atoms with Gasteiger partial charge in [0.25, 0.3) is 5.91 Å². The highest BCUT2D eigenvalue weighted by atomic mass is 79.9. The fourth-order valence-corrected chi connectivity index (χ4v) is 3.37. The maximum absolute atomic E-state index is 12.7. The van der Waals surface area contributed by atoms with Crippen LogP contribution in [0, 0.1) is 0 Å². The van der Waals surface area contributed by atoms with Crippen molar-refractivity contribution in [2.45, 2.75) is 13.3 Å². The molecule has 30 heavy (non-hydrogen) atoms. The van der Waals surface area contributed by atoms with Crippen molar-refractivity contribution >= 4 is 33.3 Å². The Morgan fingerprint density at radius 1 is 1.17 bits per heavy atom. The van der Waals surface area contributed by atoms with Gasteiger partial charge in [-0.05, 0) is 58.7 Å². The van der Waals surface area contributed by atoms with E-state index in [1.54, 1.807) is 60.4 Å². The molecule has 1 N–H and O–H groups in total. The predicted octanol–water partition coefficient (Wildman–Crippen LogP) is 4.46. The zero-order valence-corrected chi connectivity index (χ0v) is 18.5. The first-order valence-corrected chi connectivity index (χ1v) is 10.2. The number of halogens is 1. The highest BCUT2D eigenvalue weighted by Gasteiger charge is 2.17. The van der Waals surface area contributed by atoms with Crippen molar-refractivity contribution in [1.82, 2.24) is 9.55 Å². The summed E-state index contributed by atoms with van der Waals surface area (Å²) in [6.07, 6.45) is 4.15. The third kappa shape index (κ3) is 4.71. The number of amides is 1. The van der Waals surface area contributed by atoms with Crippen molar-refractivity contribution in [3.8, 4) is 11.5 Å². The van der Waals surface area contributed by atoms with Gasteiger partial charge in [-0.1, -0.05) is 6.92 Å². The first-order valence-electron chi connectivity index (χ1n) is 9.38. The van der Waals surface area contributed by atoms with Crippen LogP contribution in [0.2, 0.25) is 0 Å². The predicted molar refractivity (Wildman–Crippen MR) is 118 cm³/mol. The second-order valence-corrected chi connectivity index (χ2v) is 7.41. The zero-order valence-electron chi connectivity index (χ0n) is 16.9. The lowest BCUT2D eigenvalue weighted by Crippen LogP contribution is -2.13. The molecule has 0 radical (unpaired) electrons. The average Bonchev–Trinajstić information content (AvgIpc) is 3.18. The van der Waals surface area contributed by atoms with E-state index < -0.39 is 0 Å². The molecule has 7 nitrogen and oxygen atoms in total. The van der Waals surface area contributed by atoms with Gasteiger partial charge in [-0.25, -0.2) is 4.98 Å². The number of imidazole rings is 1. The maximum Gasteiger partial charge on any atom is 0.255 e. The number of carbonyl (C=O) groups excluding carboxylic acids is 2. The lowest BCUT2D eigenvalue weighted by atomic mass is 10.1. The number of hydrogen-bond acceptors (Lipinski definition) is 5. The van der Waals surface area contributed by atoms with Crippen LogP contribution in [0.3, 0.4) is 0 Å². The Labute approximate surface area is 183 Å². The first-order chi connectivity index (χ1) is 14.4. The van der Waals surface area contributed by atoms with Crippen LogP contribution in [0.25, 0.3) is 0 Å². The summed E-state index contributed by atoms with van der Waals surface area (Å²) in [5, 5.41) is 2.82. The minimum atomic E-state index is -0.306. The summed E-state index contributed by atoms with van der Waals surface area (Å²) in [4.78, 5) is 29.3. The highest BCUT2D eigenvalue weighted by molar-refractivity contribution is 9.10. The number of anilines is 1. The maximum atomic E-state index is 12.7. The molecule has 156 valence electrons. The molecule has 2 aromatic carbocycles. The van der Waals surface area contributed by atoms with E-state index in [9.17, 15) is 9.59 Å². The smallest absolute Gasteiger partial charge is 0.255 e. The van der Waals surface area contributed by atoms with Crippen LogP contribution in [-0.2, 0) is 7.05 Å². The largest absolute Gasteiger partial charge is 0.493 e. The van der Waals surface area contributed by atoms with E-state index in [2.05, 4.69) is 26.2 Å². The molecule has 0 atom stereocenters. The van der Waals surface area contributed by atoms with E-state index in [4.69, 9.17) is 9.47 Å². The molecule has 3 aromatic rings. The zero-order chi connectivity index (χ0) is 21.7. The van der Waals surface area contributed by atoms with Crippen LogP contribution in [0.1, 0.15) is 39.9 Å². The van der Waals surface area contributed by atoms with Gasteiger partial charge >= 0.3 is 0 Å². The summed E-state index contributed by atoms with van der Waals surface area (Å²) < 4.78 is 13.4. The molecule has 0 aliphatic carbocycles. The van der Waals surface area contributed by atoms with E-state index in [1.165, 1.54) is 7.11 Å². The minimum absolute atomic E-state index is 0.184. The first kappa shape index (κ1) is 21.6. The van der Waals surface area contributed by atoms with Crippen LogP contribution in [-0.4, -0.2) is 35.0 Å². The fraction of sp³-hybridized carbons (Fsp3) is 0.227. The van der Waals surface area contributed by atoms with Gasteiger partial charge in [0.15, 0.2) is 17.3 Å². The number of nitrogens with one attached hydrogen (secondary N) is 1. The number of carbonyl (C=O) groups is 2. The molecule has 0 fully saturated rings. The van der Waals surface area contributed by atoms with Crippen LogP contribution in [0.4, 0.5) is 5.69 Å². The third-order valence-electron chi connectivity index (χ3n) is 4.37. The molecule has 0 unspecified atom stereocenters. The van der Waals surface area contributed by atoms with E-state index >= 15 is 0 Å². The average molecular weight is 472 g/mol. The molecule has 1 heterocycles. The Balaban J connectivity index is 1.75. The fourth-order valence-electron chi connectivity index (χ4n) is 2.82. The Hall–Kier alpha value is -3.13. The SMILES string of the molecule is CCCOc1c(Br)cc(C(=O)Nc2ccc(C(=O)c3nccn3C)cc2)cc1OC. The topological polar surface area (TPSA) is 82.5 Å². The Morgan fingerprint density at radius 2 is 1.90 bits per heavy atom. The van der Waals surface area contributed by atoms with E-state index in [-0.39, 0.29) is 11.7 Å². The van der Waals surface area contributed by atoms with E-state index in [0.717, 1.165) is 6.42 Å². The number of hydrogen-bond donors (Lipinski definition) is 1. The van der Waals surface area contributed by atoms with E-state index in [0.29, 0.717) is 45.2 Å². The summed E-state index contributed by atoms with van der Waals surface area (Å²) in [6, 6.07) is 9.99. The number of rotatable bonds is 8. The molecule has 1 aromatic heterocycles. The molecule has 1 amide bonds. The van der Waals surface area contributed by atoms with Gasteiger partial charge < -0.3 is 19.4 Å². The van der Waals surface area contributed by atoms with Gasteiger partial charge in [-0.15, -0.1) is 0 Å². The van der Waals surface area contributed by atoms with Crippen molar-refractivity contribution in [2.24, 2.45) is 7.05 Å². The summed E-state index contributed by atoms with van der Waals surface area (Å²) in [7, 11) is 3.29. The number of ether oxygens (including phenoxy) is 2. The Kier molecular flexibility index (Phi) is 6.89. The molecule has 3 rings (SSSR count). The molecule has 0 aliphatic rings. The van der Waals surface area contributed by atoms with Crippen LogP contribution in [0.5, 0.6) is 11.5 Å². The number of aryl methyl sites for hydroxylation is 1. The van der Waals surface area contributed by atoms with Gasteiger partial charge in [0.2, 0.25) is 5.78 Å². The van der Waals surface area contributed by atoms with Gasteiger partial charge in [0.1, 0.15) is 0 Å². The second-order valence-electron chi connectivity index (χ2n) is 6.56. The highest BCUT2D eigenvalue weighted by Crippen LogP contribution is 2.37. The van der Waals surface area contributed by atoms with Crippen molar-refractivity contribution < 1.29 is 19.1 Å². The molecular formula is C22H22BrN3O4. The summed E-state index contributed by atoms with van der Waals surface area (Å²) in [5.41, 5.74) is 1.47. The minimum Gasteiger partial charge on any atom is -0.493 e. The number of ketones is 1. The van der Waals surface area contributed by atoms with Crippen molar-refractivity contribution in [3.63, 3.8) is 0 Å². The summed E-state index contributed by atoms with van der Waals surface area (Å²) in [5.74, 6) is 0.900. The number of nitrogens with zero attached hydrogens (tertiary/aromatic N) is 2. The van der Waals surface area contributed by atoms with Crippen molar-refractivity contribution in [1.29, 1.82) is 0 Å². The van der Waals surface area contributed by atoms with Gasteiger partial charge in [-0.3, -0.25) is 9.59 Å². The third-order valence-corrected chi connectivity index (χ3v) is 4.96. The number of methoxy groups -OCH3 is 1. The molecular weight excluding hydrogens is 450 g/mol. The van der Waals surface area contributed by atoms with Crippen LogP contribution < -0.4 is 14.8 Å². The second kappa shape index (κ2) is 9.58. The molecule has 0 saturated heterocycles.